The molecule has 0 aliphatic rings. The van der Waals surface area contributed by atoms with E-state index in [0.29, 0.717) is 25.2 Å². The second-order valence-electron chi connectivity index (χ2n) is 3.45. The van der Waals surface area contributed by atoms with Crippen LogP contribution in [-0.2, 0) is 6.54 Å². The molecule has 9 nitrogen and oxygen atoms in total. The molecule has 0 aliphatic carbocycles. The molecular weight excluding hydrogens is 236 g/mol. The summed E-state index contributed by atoms with van der Waals surface area (Å²) in [6, 6.07) is 1.47. The van der Waals surface area contributed by atoms with Crippen LogP contribution < -0.4 is 5.32 Å². The number of nitriles is 1. The number of aromatic nitrogens is 3. The zero-order valence-corrected chi connectivity index (χ0v) is 9.77. The quantitative estimate of drug-likeness (QED) is 0.292. The van der Waals surface area contributed by atoms with E-state index in [0.717, 1.165) is 0 Å². The molecule has 9 heteroatoms. The summed E-state index contributed by atoms with van der Waals surface area (Å²) in [5.41, 5.74) is 8.62. The highest BCUT2D eigenvalue weighted by atomic mass is 16.3. The van der Waals surface area contributed by atoms with E-state index in [1.807, 2.05) is 0 Å². The number of aliphatic hydroxyl groups excluding tert-OH is 1. The first kappa shape index (κ1) is 13.9. The number of nitrogens with one attached hydrogen (secondary N) is 1. The lowest BCUT2D eigenvalue weighted by Crippen LogP contribution is -2.23. The second kappa shape index (κ2) is 8.03. The topological polar surface area (TPSA) is 136 Å². The van der Waals surface area contributed by atoms with Crippen LogP contribution in [0.15, 0.2) is 11.3 Å². The Balaban J connectivity index is 2.51. The SMILES string of the molecule is N#CC(NCCN=[N+]=[N-])c1cn(CCCO)nn1. The minimum Gasteiger partial charge on any atom is -0.396 e. The molecule has 0 saturated heterocycles. The molecule has 0 radical (unpaired) electrons. The van der Waals surface area contributed by atoms with E-state index in [9.17, 15) is 0 Å². The van der Waals surface area contributed by atoms with Crippen molar-refractivity contribution < 1.29 is 5.11 Å². The number of rotatable bonds is 8. The minimum atomic E-state index is -0.582. The standard InChI is InChI=1S/C9H14N8O/c10-6-8(12-2-3-13-15-11)9-7-17(16-14-9)4-1-5-18/h7-8,12,18H,1-5H2. The van der Waals surface area contributed by atoms with Crippen LogP contribution in [0, 0.1) is 11.3 Å². The summed E-state index contributed by atoms with van der Waals surface area (Å²) < 4.78 is 1.57. The Labute approximate surface area is 104 Å². The van der Waals surface area contributed by atoms with Gasteiger partial charge >= 0.3 is 0 Å². The molecule has 1 aromatic heterocycles. The zero-order valence-electron chi connectivity index (χ0n) is 9.77. The maximum atomic E-state index is 8.99. The van der Waals surface area contributed by atoms with Gasteiger partial charge in [0.05, 0.1) is 12.3 Å². The van der Waals surface area contributed by atoms with Gasteiger partial charge < -0.3 is 5.11 Å². The fourth-order valence-corrected chi connectivity index (χ4v) is 1.31. The first-order chi connectivity index (χ1) is 8.81. The number of nitrogens with zero attached hydrogens (tertiary/aromatic N) is 7. The number of aryl methyl sites for hydroxylation is 1. The summed E-state index contributed by atoms with van der Waals surface area (Å²) >= 11 is 0. The van der Waals surface area contributed by atoms with Crippen LogP contribution in [0.25, 0.3) is 10.4 Å². The van der Waals surface area contributed by atoms with Crippen molar-refractivity contribution in [1.82, 2.24) is 20.3 Å². The van der Waals surface area contributed by atoms with E-state index in [1.54, 1.807) is 10.9 Å². The van der Waals surface area contributed by atoms with Gasteiger partial charge in [-0.2, -0.15) is 5.26 Å². The smallest absolute Gasteiger partial charge is 0.141 e. The highest BCUT2D eigenvalue weighted by molar-refractivity contribution is 5.10. The lowest BCUT2D eigenvalue weighted by atomic mass is 10.2. The molecule has 0 aliphatic heterocycles. The normalized spacial score (nSPS) is 11.6. The van der Waals surface area contributed by atoms with Crippen LogP contribution in [0.3, 0.4) is 0 Å². The third-order valence-electron chi connectivity index (χ3n) is 2.15. The van der Waals surface area contributed by atoms with E-state index >= 15 is 0 Å². The maximum absolute atomic E-state index is 8.99. The molecule has 0 fully saturated rings. The Morgan fingerprint density at radius 2 is 2.56 bits per heavy atom. The monoisotopic (exact) mass is 250 g/mol. The average Bonchev–Trinajstić information content (AvgIpc) is 2.85. The van der Waals surface area contributed by atoms with Crippen LogP contribution in [0.4, 0.5) is 0 Å². The highest BCUT2D eigenvalue weighted by Gasteiger charge is 2.13. The molecule has 18 heavy (non-hydrogen) atoms. The first-order valence-corrected chi connectivity index (χ1v) is 5.46. The van der Waals surface area contributed by atoms with E-state index in [-0.39, 0.29) is 13.2 Å². The Morgan fingerprint density at radius 1 is 1.72 bits per heavy atom. The largest absolute Gasteiger partial charge is 0.396 e. The fourth-order valence-electron chi connectivity index (χ4n) is 1.31. The van der Waals surface area contributed by atoms with Crippen molar-refractivity contribution in [3.63, 3.8) is 0 Å². The Bertz CT molecular complexity index is 444. The van der Waals surface area contributed by atoms with Crippen molar-refractivity contribution in [3.8, 4) is 6.07 Å². The number of azide groups is 1. The van der Waals surface area contributed by atoms with E-state index in [2.05, 4.69) is 31.7 Å². The summed E-state index contributed by atoms with van der Waals surface area (Å²) in [6.45, 7) is 1.31. The lowest BCUT2D eigenvalue weighted by molar-refractivity contribution is 0.276. The van der Waals surface area contributed by atoms with Gasteiger partial charge in [0, 0.05) is 31.2 Å². The van der Waals surface area contributed by atoms with Gasteiger partial charge in [-0.25, -0.2) is 0 Å². The first-order valence-electron chi connectivity index (χ1n) is 5.46. The van der Waals surface area contributed by atoms with Crippen molar-refractivity contribution in [2.45, 2.75) is 19.0 Å². The molecule has 0 bridgehead atoms. The number of hydrogen-bond acceptors (Lipinski definition) is 6. The van der Waals surface area contributed by atoms with Gasteiger partial charge in [-0.05, 0) is 12.0 Å². The summed E-state index contributed by atoms with van der Waals surface area (Å²) in [5.74, 6) is 0. The molecule has 1 unspecified atom stereocenters. The van der Waals surface area contributed by atoms with Gasteiger partial charge in [-0.1, -0.05) is 10.3 Å². The molecule has 96 valence electrons. The van der Waals surface area contributed by atoms with E-state index < -0.39 is 6.04 Å². The molecular formula is C9H14N8O. The zero-order chi connectivity index (χ0) is 13.2. The van der Waals surface area contributed by atoms with Crippen molar-refractivity contribution in [2.75, 3.05) is 19.7 Å². The minimum absolute atomic E-state index is 0.0846. The number of hydrogen-bond donors (Lipinski definition) is 2. The van der Waals surface area contributed by atoms with Gasteiger partial charge in [-0.3, -0.25) is 10.00 Å². The van der Waals surface area contributed by atoms with Crippen molar-refractivity contribution in [3.05, 3.63) is 22.3 Å². The molecule has 1 rings (SSSR count). The van der Waals surface area contributed by atoms with Gasteiger partial charge in [0.15, 0.2) is 0 Å². The van der Waals surface area contributed by atoms with Crippen LogP contribution in [0.2, 0.25) is 0 Å². The molecule has 1 aromatic rings. The van der Waals surface area contributed by atoms with Crippen molar-refractivity contribution in [2.24, 2.45) is 5.11 Å². The molecule has 0 amide bonds. The lowest BCUT2D eigenvalue weighted by Gasteiger charge is -2.05. The Morgan fingerprint density at radius 3 is 3.22 bits per heavy atom. The summed E-state index contributed by atoms with van der Waals surface area (Å²) in [4.78, 5) is 2.62. The van der Waals surface area contributed by atoms with Crippen LogP contribution in [0.1, 0.15) is 18.2 Å². The van der Waals surface area contributed by atoms with Crippen molar-refractivity contribution >= 4 is 0 Å². The van der Waals surface area contributed by atoms with Crippen LogP contribution in [-0.4, -0.2) is 39.8 Å². The fraction of sp³-hybridized carbons (Fsp3) is 0.667. The third kappa shape index (κ3) is 4.39. The predicted molar refractivity (Wildman–Crippen MR) is 62.1 cm³/mol. The Kier molecular flexibility index (Phi) is 6.21. The predicted octanol–water partition coefficient (Wildman–Crippen LogP) is 0.125. The molecule has 2 N–H and O–H groups in total. The third-order valence-corrected chi connectivity index (χ3v) is 2.15. The molecule has 0 spiro atoms. The van der Waals surface area contributed by atoms with Gasteiger partial charge in [0.2, 0.25) is 0 Å². The van der Waals surface area contributed by atoms with Gasteiger partial charge in [0.25, 0.3) is 0 Å². The summed E-state index contributed by atoms with van der Waals surface area (Å²) in [7, 11) is 0. The van der Waals surface area contributed by atoms with Crippen LogP contribution in [0.5, 0.6) is 0 Å². The van der Waals surface area contributed by atoms with Crippen molar-refractivity contribution in [1.29, 1.82) is 5.26 Å². The van der Waals surface area contributed by atoms with Crippen LogP contribution >= 0.6 is 0 Å². The summed E-state index contributed by atoms with van der Waals surface area (Å²) in [5, 5.41) is 31.7. The van der Waals surface area contributed by atoms with Gasteiger partial charge in [-0.15, -0.1) is 5.10 Å². The molecule has 1 heterocycles. The maximum Gasteiger partial charge on any atom is 0.141 e. The average molecular weight is 250 g/mol. The molecule has 1 atom stereocenters. The number of aliphatic hydroxyl groups is 1. The van der Waals surface area contributed by atoms with Gasteiger partial charge in [0.1, 0.15) is 11.7 Å². The van der Waals surface area contributed by atoms with E-state index in [1.165, 1.54) is 0 Å². The summed E-state index contributed by atoms with van der Waals surface area (Å²) in [6.07, 6.45) is 2.24. The molecule has 0 aromatic carbocycles. The second-order valence-corrected chi connectivity index (χ2v) is 3.45. The Hall–Kier alpha value is -2.14. The highest BCUT2D eigenvalue weighted by Crippen LogP contribution is 2.07. The van der Waals surface area contributed by atoms with E-state index in [4.69, 9.17) is 15.9 Å². The molecule has 0 saturated carbocycles.